The van der Waals surface area contributed by atoms with E-state index < -0.39 is 11.4 Å². The second-order valence-electron chi connectivity index (χ2n) is 5.70. The molecule has 1 aliphatic rings. The maximum absolute atomic E-state index is 12.3. The van der Waals surface area contributed by atoms with Crippen LogP contribution in [-0.2, 0) is 0 Å². The molecule has 1 fully saturated rings. The number of nitrogens with zero attached hydrogens (tertiary/aromatic N) is 1. The monoisotopic (exact) mass is 288 g/mol. The largest absolute Gasteiger partial charge is 0.508 e. The molecule has 1 aliphatic carbocycles. The average molecular weight is 288 g/mol. The predicted molar refractivity (Wildman–Crippen MR) is 77.8 cm³/mol. The maximum Gasteiger partial charge on any atom is 0.256 e. The van der Waals surface area contributed by atoms with E-state index >= 15 is 0 Å². The van der Waals surface area contributed by atoms with Crippen molar-refractivity contribution < 1.29 is 15.0 Å². The van der Waals surface area contributed by atoms with Gasteiger partial charge in [-0.3, -0.25) is 4.79 Å². The highest BCUT2D eigenvalue weighted by atomic mass is 16.3. The number of aromatic hydroxyl groups is 2. The molecule has 0 bridgehead atoms. The van der Waals surface area contributed by atoms with Crippen LogP contribution in [0.3, 0.4) is 0 Å². The standard InChI is InChI=1S/C16H20N2O3/c1-2-11-5-7-16(10-17,8-6-11)18-15(21)13-9-12(19)3-4-14(13)20/h3-4,9,11,19-20H,2,5-8H2,1H3,(H,18,21). The molecule has 21 heavy (non-hydrogen) atoms. The second kappa shape index (κ2) is 6.04. The average Bonchev–Trinajstić information content (AvgIpc) is 2.50. The quantitative estimate of drug-likeness (QED) is 0.745. The minimum absolute atomic E-state index is 0.0118. The Morgan fingerprint density at radius 3 is 2.67 bits per heavy atom. The minimum Gasteiger partial charge on any atom is -0.508 e. The lowest BCUT2D eigenvalue weighted by Gasteiger charge is -2.35. The van der Waals surface area contributed by atoms with Crippen molar-refractivity contribution in [1.82, 2.24) is 5.32 Å². The third kappa shape index (κ3) is 3.27. The number of nitrogens with one attached hydrogen (secondary N) is 1. The molecule has 0 aromatic heterocycles. The molecule has 5 nitrogen and oxygen atoms in total. The smallest absolute Gasteiger partial charge is 0.256 e. The molecule has 112 valence electrons. The van der Waals surface area contributed by atoms with E-state index in [-0.39, 0.29) is 17.1 Å². The zero-order valence-electron chi connectivity index (χ0n) is 12.1. The Hall–Kier alpha value is -2.22. The van der Waals surface area contributed by atoms with Crippen LogP contribution in [0.5, 0.6) is 11.5 Å². The molecule has 0 aliphatic heterocycles. The lowest BCUT2D eigenvalue weighted by Crippen LogP contribution is -2.49. The number of carbonyl (C=O) groups is 1. The topological polar surface area (TPSA) is 93.4 Å². The van der Waals surface area contributed by atoms with E-state index in [2.05, 4.69) is 18.3 Å². The van der Waals surface area contributed by atoms with E-state index in [1.807, 2.05) is 0 Å². The number of hydrogen-bond donors (Lipinski definition) is 3. The number of nitriles is 1. The normalized spacial score (nSPS) is 25.0. The lowest BCUT2D eigenvalue weighted by molar-refractivity contribution is 0.0888. The molecule has 0 spiro atoms. The van der Waals surface area contributed by atoms with Gasteiger partial charge in [-0.1, -0.05) is 13.3 Å². The fraction of sp³-hybridized carbons (Fsp3) is 0.500. The van der Waals surface area contributed by atoms with Crippen LogP contribution in [0.25, 0.3) is 0 Å². The molecule has 0 unspecified atom stereocenters. The van der Waals surface area contributed by atoms with Gasteiger partial charge < -0.3 is 15.5 Å². The van der Waals surface area contributed by atoms with Crippen LogP contribution in [-0.4, -0.2) is 21.7 Å². The zero-order valence-corrected chi connectivity index (χ0v) is 12.1. The summed E-state index contributed by atoms with van der Waals surface area (Å²) >= 11 is 0. The van der Waals surface area contributed by atoms with E-state index in [9.17, 15) is 20.3 Å². The summed E-state index contributed by atoms with van der Waals surface area (Å²) in [7, 11) is 0. The number of rotatable bonds is 3. The van der Waals surface area contributed by atoms with Gasteiger partial charge in [-0.05, 0) is 49.8 Å². The molecular formula is C16H20N2O3. The fourth-order valence-corrected chi connectivity index (χ4v) is 2.83. The first kappa shape index (κ1) is 15.2. The van der Waals surface area contributed by atoms with Crippen LogP contribution in [0.1, 0.15) is 49.4 Å². The van der Waals surface area contributed by atoms with E-state index in [1.165, 1.54) is 18.2 Å². The number of phenolic OH excluding ortho intramolecular Hbond substituents is 2. The van der Waals surface area contributed by atoms with Crippen molar-refractivity contribution >= 4 is 5.91 Å². The first-order valence-corrected chi connectivity index (χ1v) is 7.25. The van der Waals surface area contributed by atoms with Gasteiger partial charge in [0.25, 0.3) is 5.91 Å². The summed E-state index contributed by atoms with van der Waals surface area (Å²) in [4.78, 5) is 12.3. The summed E-state index contributed by atoms with van der Waals surface area (Å²) in [6.07, 6.45) is 4.15. The minimum atomic E-state index is -0.874. The third-order valence-electron chi connectivity index (χ3n) is 4.33. The SMILES string of the molecule is CCC1CCC(C#N)(NC(=O)c2cc(O)ccc2O)CC1. The van der Waals surface area contributed by atoms with E-state index in [4.69, 9.17) is 0 Å². The Balaban J connectivity index is 2.14. The maximum atomic E-state index is 12.3. The van der Waals surface area contributed by atoms with Crippen LogP contribution in [0.4, 0.5) is 0 Å². The van der Waals surface area contributed by atoms with E-state index in [1.54, 1.807) is 0 Å². The zero-order chi connectivity index (χ0) is 15.5. The van der Waals surface area contributed by atoms with Crippen molar-refractivity contribution in [2.75, 3.05) is 0 Å². The summed E-state index contributed by atoms with van der Waals surface area (Å²) in [5.41, 5.74) is -0.886. The number of amides is 1. The van der Waals surface area contributed by atoms with E-state index in [0.717, 1.165) is 19.3 Å². The summed E-state index contributed by atoms with van der Waals surface area (Å²) in [5.74, 6) is -0.225. The molecule has 1 aromatic carbocycles. The Labute approximate surface area is 124 Å². The molecule has 2 rings (SSSR count). The van der Waals surface area contributed by atoms with Crippen LogP contribution in [0.2, 0.25) is 0 Å². The summed E-state index contributed by atoms with van der Waals surface area (Å²) in [5, 5.41) is 31.3. The molecule has 0 heterocycles. The number of carbonyl (C=O) groups excluding carboxylic acids is 1. The van der Waals surface area contributed by atoms with Gasteiger partial charge in [0.15, 0.2) is 0 Å². The van der Waals surface area contributed by atoms with Crippen molar-refractivity contribution in [3.8, 4) is 17.6 Å². The van der Waals surface area contributed by atoms with Crippen LogP contribution in [0, 0.1) is 17.2 Å². The number of phenols is 2. The second-order valence-corrected chi connectivity index (χ2v) is 5.70. The fourth-order valence-electron chi connectivity index (χ4n) is 2.83. The molecule has 5 heteroatoms. The van der Waals surface area contributed by atoms with Crippen molar-refractivity contribution in [3.63, 3.8) is 0 Å². The highest BCUT2D eigenvalue weighted by molar-refractivity contribution is 5.97. The first-order chi connectivity index (χ1) is 9.99. The van der Waals surface area contributed by atoms with Crippen molar-refractivity contribution in [3.05, 3.63) is 23.8 Å². The van der Waals surface area contributed by atoms with Crippen LogP contribution < -0.4 is 5.32 Å². The number of benzene rings is 1. The highest BCUT2D eigenvalue weighted by Crippen LogP contribution is 2.34. The van der Waals surface area contributed by atoms with Crippen molar-refractivity contribution in [2.24, 2.45) is 5.92 Å². The van der Waals surface area contributed by atoms with Gasteiger partial charge in [-0.25, -0.2) is 0 Å². The van der Waals surface area contributed by atoms with Gasteiger partial charge in [0.2, 0.25) is 0 Å². The van der Waals surface area contributed by atoms with Crippen LogP contribution in [0.15, 0.2) is 18.2 Å². The van der Waals surface area contributed by atoms with Gasteiger partial charge in [0.1, 0.15) is 17.0 Å². The third-order valence-corrected chi connectivity index (χ3v) is 4.33. The Morgan fingerprint density at radius 2 is 2.10 bits per heavy atom. The van der Waals surface area contributed by atoms with Crippen molar-refractivity contribution in [1.29, 1.82) is 5.26 Å². The van der Waals surface area contributed by atoms with Gasteiger partial charge in [-0.2, -0.15) is 5.26 Å². The van der Waals surface area contributed by atoms with Gasteiger partial charge in [-0.15, -0.1) is 0 Å². The summed E-state index contributed by atoms with van der Waals surface area (Å²) in [6, 6.07) is 5.99. The predicted octanol–water partition coefficient (Wildman–Crippen LogP) is 2.69. The van der Waals surface area contributed by atoms with Gasteiger partial charge in [0, 0.05) is 0 Å². The van der Waals surface area contributed by atoms with Gasteiger partial charge in [0.05, 0.1) is 11.6 Å². The lowest BCUT2D eigenvalue weighted by atomic mass is 9.76. The van der Waals surface area contributed by atoms with Crippen LogP contribution >= 0.6 is 0 Å². The summed E-state index contributed by atoms with van der Waals surface area (Å²) < 4.78 is 0. The van der Waals surface area contributed by atoms with Gasteiger partial charge >= 0.3 is 0 Å². The molecule has 1 aromatic rings. The molecule has 3 N–H and O–H groups in total. The Kier molecular flexibility index (Phi) is 4.37. The highest BCUT2D eigenvalue weighted by Gasteiger charge is 2.37. The number of hydrogen-bond acceptors (Lipinski definition) is 4. The molecule has 1 saturated carbocycles. The molecular weight excluding hydrogens is 268 g/mol. The van der Waals surface area contributed by atoms with E-state index in [0.29, 0.717) is 18.8 Å². The van der Waals surface area contributed by atoms with Crippen molar-refractivity contribution in [2.45, 2.75) is 44.6 Å². The Morgan fingerprint density at radius 1 is 1.43 bits per heavy atom. The summed E-state index contributed by atoms with van der Waals surface area (Å²) in [6.45, 7) is 2.13. The molecule has 0 atom stereocenters. The Bertz CT molecular complexity index is 569. The molecule has 0 radical (unpaired) electrons. The molecule has 1 amide bonds. The molecule has 0 saturated heterocycles. The first-order valence-electron chi connectivity index (χ1n) is 7.25.